The van der Waals surface area contributed by atoms with Gasteiger partial charge in [-0.2, -0.15) is 0 Å². The summed E-state index contributed by atoms with van der Waals surface area (Å²) in [5.74, 6) is 0. The summed E-state index contributed by atoms with van der Waals surface area (Å²) in [5, 5.41) is 16.7. The summed E-state index contributed by atoms with van der Waals surface area (Å²) < 4.78 is 0. The fourth-order valence-corrected chi connectivity index (χ4v) is 0. The third-order valence-electron chi connectivity index (χ3n) is 0. The van der Waals surface area contributed by atoms with Crippen molar-refractivity contribution in [3.8, 4) is 0 Å². The average molecular weight is 95.0 g/mol. The Kier molecular flexibility index (Phi) is 28.1. The van der Waals surface area contributed by atoms with E-state index in [1.807, 2.05) is 0 Å². The quantitative estimate of drug-likeness (QED) is 0.310. The molecule has 0 rings (SSSR count). The standard InChI is InChI=1S/CH2O3.2H2O/c2-1(3)4;;/h(H2,2,3,4);2*1H2/p-3. The number of hydrogen-bond acceptors (Lipinski definition) is 4. The molecule has 0 bridgehead atoms. The van der Waals surface area contributed by atoms with Crippen LogP contribution < -0.4 is 10.2 Å². The molecule has 0 aliphatic heterocycles. The monoisotopic (exact) mass is 95.0 g/mol. The van der Waals surface area contributed by atoms with Crippen LogP contribution >= 0.6 is 0 Å². The molecule has 0 aliphatic rings. The molecule has 0 fully saturated rings. The van der Waals surface area contributed by atoms with Gasteiger partial charge in [-0.25, -0.2) is 0 Å². The van der Waals surface area contributed by atoms with Crippen LogP contribution in [0.1, 0.15) is 0 Å². The van der Waals surface area contributed by atoms with E-state index in [9.17, 15) is 0 Å². The lowest BCUT2D eigenvalue weighted by molar-refractivity contribution is -0.415. The molecule has 0 unspecified atom stereocenters. The fraction of sp³-hybridized carbons (Fsp3) is 0. The van der Waals surface area contributed by atoms with E-state index in [-0.39, 0.29) is 11.0 Å². The van der Waals surface area contributed by atoms with Crippen molar-refractivity contribution in [2.75, 3.05) is 0 Å². The van der Waals surface area contributed by atoms with Gasteiger partial charge in [-0.05, 0) is 6.16 Å². The SMILES string of the molecule is O.O=C([O-])[O-].[OH-]. The van der Waals surface area contributed by atoms with Crippen molar-refractivity contribution in [3.63, 3.8) is 0 Å². The first-order valence-corrected chi connectivity index (χ1v) is 0.612. The molecule has 0 aromatic heterocycles. The fourth-order valence-electron chi connectivity index (χ4n) is 0. The molecule has 5 heteroatoms. The van der Waals surface area contributed by atoms with Crippen LogP contribution in [0.3, 0.4) is 0 Å². The van der Waals surface area contributed by atoms with Crippen LogP contribution in [0.25, 0.3) is 0 Å². The Morgan fingerprint density at radius 2 is 1.33 bits per heavy atom. The van der Waals surface area contributed by atoms with Crippen molar-refractivity contribution in [1.82, 2.24) is 0 Å². The van der Waals surface area contributed by atoms with Crippen molar-refractivity contribution in [1.29, 1.82) is 0 Å². The summed E-state index contributed by atoms with van der Waals surface area (Å²) in [6.07, 6.45) is -2.33. The summed E-state index contributed by atoms with van der Waals surface area (Å²) in [4.78, 5) is 8.33. The highest BCUT2D eigenvalue weighted by molar-refractivity contribution is 5.47. The Bertz CT molecular complexity index is 26.9. The van der Waals surface area contributed by atoms with Crippen LogP contribution in [-0.4, -0.2) is 17.1 Å². The molecule has 0 aliphatic carbocycles. The Balaban J connectivity index is -0.0000000450. The molecule has 0 amide bonds. The Morgan fingerprint density at radius 3 is 1.33 bits per heavy atom. The molecule has 0 aromatic carbocycles. The predicted molar refractivity (Wildman–Crippen MR) is 10.9 cm³/mol. The molecule has 40 valence electrons. The van der Waals surface area contributed by atoms with Gasteiger partial charge in [-0.3, -0.25) is 0 Å². The topological polar surface area (TPSA) is 125 Å². The van der Waals surface area contributed by atoms with Crippen molar-refractivity contribution >= 4 is 6.16 Å². The zero-order valence-corrected chi connectivity index (χ0v) is 2.67. The van der Waals surface area contributed by atoms with E-state index in [1.54, 1.807) is 0 Å². The largest absolute Gasteiger partial charge is 0.870 e. The minimum atomic E-state index is -2.33. The van der Waals surface area contributed by atoms with Gasteiger partial charge in [-0.15, -0.1) is 0 Å². The van der Waals surface area contributed by atoms with Crippen LogP contribution in [0.5, 0.6) is 0 Å². The van der Waals surface area contributed by atoms with Crippen LogP contribution in [0, 0.1) is 0 Å². The smallest absolute Gasteiger partial charge is 0.0431 e. The van der Waals surface area contributed by atoms with Crippen LogP contribution in [0.2, 0.25) is 0 Å². The maximum absolute atomic E-state index is 8.33. The van der Waals surface area contributed by atoms with Crippen molar-refractivity contribution < 1.29 is 26.0 Å². The Labute approximate surface area is 33.5 Å². The Hall–Kier alpha value is -0.810. The minimum Gasteiger partial charge on any atom is -0.870 e. The molecule has 0 aromatic rings. The number of hydrogen-bond donors (Lipinski definition) is 0. The van der Waals surface area contributed by atoms with E-state index < -0.39 is 6.16 Å². The summed E-state index contributed by atoms with van der Waals surface area (Å²) in [6.45, 7) is 0. The van der Waals surface area contributed by atoms with Crippen LogP contribution in [-0.2, 0) is 0 Å². The first kappa shape index (κ1) is 19.0. The lowest BCUT2D eigenvalue weighted by atomic mass is 11.5. The predicted octanol–water partition coefficient (Wildman–Crippen LogP) is -3.45. The van der Waals surface area contributed by atoms with E-state index in [0.717, 1.165) is 0 Å². The van der Waals surface area contributed by atoms with Gasteiger partial charge in [0.2, 0.25) is 0 Å². The number of carbonyl (C=O) groups excluding carboxylic acids is 1. The minimum absolute atomic E-state index is 0. The molecule has 0 saturated heterocycles. The van der Waals surface area contributed by atoms with E-state index in [2.05, 4.69) is 0 Å². The molecule has 0 heterocycles. The van der Waals surface area contributed by atoms with Gasteiger partial charge in [0, 0.05) is 0 Å². The second-order valence-corrected chi connectivity index (χ2v) is 0.250. The molecule has 3 N–H and O–H groups in total. The van der Waals surface area contributed by atoms with Gasteiger partial charge in [-0.1, -0.05) is 0 Å². The van der Waals surface area contributed by atoms with E-state index in [0.29, 0.717) is 0 Å². The average Bonchev–Trinajstić information content (AvgIpc) is 0.811. The number of rotatable bonds is 0. The van der Waals surface area contributed by atoms with Gasteiger partial charge < -0.3 is 26.0 Å². The van der Waals surface area contributed by atoms with Crippen LogP contribution in [0.4, 0.5) is 4.79 Å². The normalized spacial score (nSPS) is 4.00. The molecule has 6 heavy (non-hydrogen) atoms. The lowest BCUT2D eigenvalue weighted by Gasteiger charge is -1.96. The van der Waals surface area contributed by atoms with Crippen molar-refractivity contribution in [2.45, 2.75) is 0 Å². The molecule has 0 saturated carbocycles. The highest BCUT2D eigenvalue weighted by atomic mass is 16.6. The second-order valence-electron chi connectivity index (χ2n) is 0.250. The second kappa shape index (κ2) is 8.89. The maximum atomic E-state index is 8.33. The molecule has 5 nitrogen and oxygen atoms in total. The van der Waals surface area contributed by atoms with Gasteiger partial charge in [0.05, 0.1) is 0 Å². The summed E-state index contributed by atoms with van der Waals surface area (Å²) in [5.41, 5.74) is 0. The van der Waals surface area contributed by atoms with E-state index >= 15 is 0 Å². The summed E-state index contributed by atoms with van der Waals surface area (Å²) in [6, 6.07) is 0. The maximum Gasteiger partial charge on any atom is -0.0431 e. The third-order valence-corrected chi connectivity index (χ3v) is 0. The van der Waals surface area contributed by atoms with E-state index in [4.69, 9.17) is 15.0 Å². The van der Waals surface area contributed by atoms with Gasteiger partial charge in [0.25, 0.3) is 0 Å². The molecular formula is CH3O5-3. The first-order chi connectivity index (χ1) is 1.73. The van der Waals surface area contributed by atoms with Gasteiger partial charge in [0.15, 0.2) is 0 Å². The zero-order valence-electron chi connectivity index (χ0n) is 2.67. The molecular weight excluding hydrogens is 92.0 g/mol. The number of carbonyl (C=O) groups is 1. The highest BCUT2D eigenvalue weighted by Gasteiger charge is 1.26. The van der Waals surface area contributed by atoms with Crippen LogP contribution in [0.15, 0.2) is 0 Å². The third kappa shape index (κ3) is 23.3. The van der Waals surface area contributed by atoms with E-state index in [1.165, 1.54) is 0 Å². The zero-order chi connectivity index (χ0) is 3.58. The molecule has 0 spiro atoms. The van der Waals surface area contributed by atoms with Crippen molar-refractivity contribution in [3.05, 3.63) is 0 Å². The van der Waals surface area contributed by atoms with Gasteiger partial charge in [0.1, 0.15) is 0 Å². The number of carboxylic acid groups (broad SMARTS) is 2. The highest BCUT2D eigenvalue weighted by Crippen LogP contribution is 1.21. The van der Waals surface area contributed by atoms with Gasteiger partial charge >= 0.3 is 0 Å². The first-order valence-electron chi connectivity index (χ1n) is 0.612. The molecule has 0 radical (unpaired) electrons. The summed E-state index contributed by atoms with van der Waals surface area (Å²) in [7, 11) is 0. The van der Waals surface area contributed by atoms with Crippen molar-refractivity contribution in [2.24, 2.45) is 0 Å². The lowest BCUT2D eigenvalue weighted by Crippen LogP contribution is -2.37. The molecule has 0 atom stereocenters. The Morgan fingerprint density at radius 1 is 1.33 bits per heavy atom. The summed E-state index contributed by atoms with van der Waals surface area (Å²) >= 11 is 0.